The highest BCUT2D eigenvalue weighted by molar-refractivity contribution is 6.02. The summed E-state index contributed by atoms with van der Waals surface area (Å²) in [5.41, 5.74) is 3.30. The molecule has 2 aromatic rings. The van der Waals surface area contributed by atoms with Crippen LogP contribution in [0.1, 0.15) is 29.4 Å². The first-order valence-electron chi connectivity index (χ1n) is 7.82. The van der Waals surface area contributed by atoms with E-state index in [0.717, 1.165) is 37.4 Å². The number of anilines is 2. The fraction of sp³-hybridized carbons (Fsp3) is 0.333. The molecule has 0 saturated carbocycles. The Hall–Kier alpha value is -2.40. The monoisotopic (exact) mass is 313 g/mol. The minimum Gasteiger partial charge on any atom is -0.385 e. The number of nitrogens with zero attached hydrogens (tertiary/aromatic N) is 1. The van der Waals surface area contributed by atoms with E-state index in [9.17, 15) is 4.79 Å². The zero-order valence-electron chi connectivity index (χ0n) is 13.6. The molecule has 0 aliphatic rings. The number of hydrogen-bond acceptors (Lipinski definition) is 4. The van der Waals surface area contributed by atoms with Crippen molar-refractivity contribution in [1.29, 1.82) is 0 Å². The summed E-state index contributed by atoms with van der Waals surface area (Å²) in [5.74, 6) is -0.208. The van der Waals surface area contributed by atoms with Crippen LogP contribution in [0.5, 0.6) is 0 Å². The van der Waals surface area contributed by atoms with E-state index in [0.29, 0.717) is 5.69 Å². The van der Waals surface area contributed by atoms with Gasteiger partial charge in [0.05, 0.1) is 11.9 Å². The van der Waals surface area contributed by atoms with Crippen molar-refractivity contribution in [2.75, 3.05) is 30.9 Å². The van der Waals surface area contributed by atoms with Crippen molar-refractivity contribution < 1.29 is 9.53 Å². The zero-order chi connectivity index (χ0) is 16.5. The maximum atomic E-state index is 12.2. The molecule has 0 fully saturated rings. The van der Waals surface area contributed by atoms with E-state index >= 15 is 0 Å². The van der Waals surface area contributed by atoms with Crippen LogP contribution < -0.4 is 10.6 Å². The molecule has 0 radical (unpaired) electrons. The summed E-state index contributed by atoms with van der Waals surface area (Å²) in [6, 6.07) is 11.4. The molecule has 1 aromatic heterocycles. The van der Waals surface area contributed by atoms with Crippen LogP contribution in [0.3, 0.4) is 0 Å². The van der Waals surface area contributed by atoms with Crippen molar-refractivity contribution in [3.8, 4) is 0 Å². The number of pyridine rings is 1. The number of carbonyl (C=O) groups is 1. The first-order chi connectivity index (χ1) is 11.2. The van der Waals surface area contributed by atoms with Gasteiger partial charge in [-0.05, 0) is 42.7 Å². The quantitative estimate of drug-likeness (QED) is 0.734. The molecule has 2 N–H and O–H groups in total. The molecule has 5 heteroatoms. The number of ether oxygens (including phenoxy) is 1. The van der Waals surface area contributed by atoms with Gasteiger partial charge in [-0.1, -0.05) is 19.1 Å². The summed E-state index contributed by atoms with van der Waals surface area (Å²) in [6.45, 7) is 3.63. The lowest BCUT2D eigenvalue weighted by molar-refractivity contribution is 0.102. The highest BCUT2D eigenvalue weighted by Crippen LogP contribution is 2.12. The van der Waals surface area contributed by atoms with E-state index < -0.39 is 0 Å². The second-order valence-corrected chi connectivity index (χ2v) is 5.21. The highest BCUT2D eigenvalue weighted by atomic mass is 16.5. The topological polar surface area (TPSA) is 63.2 Å². The minimum atomic E-state index is -0.208. The Morgan fingerprint density at radius 2 is 1.87 bits per heavy atom. The fourth-order valence-electron chi connectivity index (χ4n) is 2.10. The second-order valence-electron chi connectivity index (χ2n) is 5.21. The van der Waals surface area contributed by atoms with E-state index in [2.05, 4.69) is 22.5 Å². The van der Waals surface area contributed by atoms with E-state index in [1.165, 1.54) is 5.56 Å². The van der Waals surface area contributed by atoms with Crippen molar-refractivity contribution in [2.45, 2.75) is 19.8 Å². The lowest BCUT2D eigenvalue weighted by Crippen LogP contribution is -2.14. The van der Waals surface area contributed by atoms with Crippen LogP contribution in [0, 0.1) is 0 Å². The van der Waals surface area contributed by atoms with Gasteiger partial charge < -0.3 is 15.4 Å². The summed E-state index contributed by atoms with van der Waals surface area (Å²) < 4.78 is 4.99. The molecule has 0 bridgehead atoms. The van der Waals surface area contributed by atoms with Gasteiger partial charge in [0.1, 0.15) is 5.69 Å². The largest absolute Gasteiger partial charge is 0.385 e. The molecule has 0 saturated heterocycles. The SMILES string of the molecule is CCc1ccc(NC(=O)c2ccc(NCCCOC)cn2)cc1. The Morgan fingerprint density at radius 3 is 2.48 bits per heavy atom. The predicted octanol–water partition coefficient (Wildman–Crippen LogP) is 3.34. The molecule has 0 spiro atoms. The number of rotatable bonds is 8. The third-order valence-corrected chi connectivity index (χ3v) is 3.47. The summed E-state index contributed by atoms with van der Waals surface area (Å²) in [4.78, 5) is 16.4. The smallest absolute Gasteiger partial charge is 0.274 e. The molecule has 23 heavy (non-hydrogen) atoms. The molecule has 0 atom stereocenters. The number of benzene rings is 1. The molecule has 122 valence electrons. The normalized spacial score (nSPS) is 10.3. The van der Waals surface area contributed by atoms with Crippen molar-refractivity contribution in [1.82, 2.24) is 4.98 Å². The van der Waals surface area contributed by atoms with Crippen molar-refractivity contribution >= 4 is 17.3 Å². The van der Waals surface area contributed by atoms with Gasteiger partial charge in [0, 0.05) is 25.9 Å². The second kappa shape index (κ2) is 8.90. The van der Waals surface area contributed by atoms with Gasteiger partial charge in [-0.3, -0.25) is 4.79 Å². The van der Waals surface area contributed by atoms with Crippen molar-refractivity contribution in [2.24, 2.45) is 0 Å². The van der Waals surface area contributed by atoms with E-state index in [1.54, 1.807) is 19.4 Å². The lowest BCUT2D eigenvalue weighted by atomic mass is 10.1. The molecule has 0 unspecified atom stereocenters. The van der Waals surface area contributed by atoms with Gasteiger partial charge in [-0.15, -0.1) is 0 Å². The summed E-state index contributed by atoms with van der Waals surface area (Å²) in [6.07, 6.45) is 3.57. The highest BCUT2D eigenvalue weighted by Gasteiger charge is 2.07. The number of aromatic nitrogens is 1. The van der Waals surface area contributed by atoms with Gasteiger partial charge in [0.15, 0.2) is 0 Å². The van der Waals surface area contributed by atoms with Crippen LogP contribution in [-0.2, 0) is 11.2 Å². The number of amides is 1. The van der Waals surface area contributed by atoms with Crippen LogP contribution in [-0.4, -0.2) is 31.2 Å². The maximum Gasteiger partial charge on any atom is 0.274 e. The average Bonchev–Trinajstić information content (AvgIpc) is 2.60. The first-order valence-corrected chi connectivity index (χ1v) is 7.82. The Balaban J connectivity index is 1.88. The summed E-state index contributed by atoms with van der Waals surface area (Å²) in [5, 5.41) is 6.08. The Morgan fingerprint density at radius 1 is 1.13 bits per heavy atom. The lowest BCUT2D eigenvalue weighted by Gasteiger charge is -2.08. The molecular weight excluding hydrogens is 290 g/mol. The standard InChI is InChI=1S/C18H23N3O2/c1-3-14-5-7-15(8-6-14)21-18(22)17-10-9-16(13-20-17)19-11-4-12-23-2/h5-10,13,19H,3-4,11-12H2,1-2H3,(H,21,22). The van der Waals surface area contributed by atoms with Crippen LogP contribution in [0.15, 0.2) is 42.6 Å². The predicted molar refractivity (Wildman–Crippen MR) is 93.0 cm³/mol. The maximum absolute atomic E-state index is 12.2. The van der Waals surface area contributed by atoms with Crippen molar-refractivity contribution in [3.63, 3.8) is 0 Å². The fourth-order valence-corrected chi connectivity index (χ4v) is 2.10. The number of nitrogens with one attached hydrogen (secondary N) is 2. The minimum absolute atomic E-state index is 0.208. The number of hydrogen-bond donors (Lipinski definition) is 2. The molecular formula is C18H23N3O2. The Kier molecular flexibility index (Phi) is 6.56. The third kappa shape index (κ3) is 5.38. The Bertz CT molecular complexity index is 609. The van der Waals surface area contributed by atoms with Gasteiger partial charge >= 0.3 is 0 Å². The number of aryl methyl sites for hydroxylation is 1. The first kappa shape index (κ1) is 17.0. The van der Waals surface area contributed by atoms with E-state index in [4.69, 9.17) is 4.74 Å². The van der Waals surface area contributed by atoms with Crippen LogP contribution in [0.25, 0.3) is 0 Å². The molecule has 1 heterocycles. The van der Waals surface area contributed by atoms with Crippen LogP contribution in [0.4, 0.5) is 11.4 Å². The molecule has 0 aliphatic heterocycles. The molecule has 2 rings (SSSR count). The summed E-state index contributed by atoms with van der Waals surface area (Å²) in [7, 11) is 1.69. The van der Waals surface area contributed by atoms with Gasteiger partial charge in [0.2, 0.25) is 0 Å². The summed E-state index contributed by atoms with van der Waals surface area (Å²) >= 11 is 0. The van der Waals surface area contributed by atoms with Gasteiger partial charge in [0.25, 0.3) is 5.91 Å². The van der Waals surface area contributed by atoms with E-state index in [1.807, 2.05) is 30.3 Å². The average molecular weight is 313 g/mol. The van der Waals surface area contributed by atoms with E-state index in [-0.39, 0.29) is 5.91 Å². The van der Waals surface area contributed by atoms with Crippen LogP contribution >= 0.6 is 0 Å². The molecule has 1 aromatic carbocycles. The zero-order valence-corrected chi connectivity index (χ0v) is 13.6. The molecule has 0 aliphatic carbocycles. The molecule has 5 nitrogen and oxygen atoms in total. The number of carbonyl (C=O) groups excluding carboxylic acids is 1. The molecule has 1 amide bonds. The third-order valence-electron chi connectivity index (χ3n) is 3.47. The number of methoxy groups -OCH3 is 1. The van der Waals surface area contributed by atoms with Crippen molar-refractivity contribution in [3.05, 3.63) is 53.9 Å². The van der Waals surface area contributed by atoms with Gasteiger partial charge in [-0.2, -0.15) is 0 Å². The van der Waals surface area contributed by atoms with Gasteiger partial charge in [-0.25, -0.2) is 4.98 Å². The Labute approximate surface area is 137 Å². The van der Waals surface area contributed by atoms with Crippen LogP contribution in [0.2, 0.25) is 0 Å².